The molecule has 4 heterocycles. The molecule has 11 rings (SSSR count). The van der Waals surface area contributed by atoms with Gasteiger partial charge in [0.15, 0.2) is 0 Å². The van der Waals surface area contributed by atoms with Gasteiger partial charge >= 0.3 is 0 Å². The van der Waals surface area contributed by atoms with E-state index in [1.165, 1.54) is 24.9 Å². The van der Waals surface area contributed by atoms with E-state index in [9.17, 15) is 0 Å². The maximum absolute atomic E-state index is 6.38. The SMILES string of the molecule is c1ccc(-c2nc3ccc4sc5ccc(N(c6ccc7c(c6)oc6ccccc67)c6ccc7c(c6)oc6ccccc67)cc5c4c3s2)cc1. The maximum Gasteiger partial charge on any atom is 0.137 e. The minimum Gasteiger partial charge on any atom is -0.456 e. The smallest absolute Gasteiger partial charge is 0.137 e. The number of hydrogen-bond donors (Lipinski definition) is 0. The van der Waals surface area contributed by atoms with Gasteiger partial charge in [-0.25, -0.2) is 4.98 Å². The summed E-state index contributed by atoms with van der Waals surface area (Å²) in [5, 5.41) is 7.98. The molecule has 4 aromatic heterocycles. The van der Waals surface area contributed by atoms with Gasteiger partial charge in [-0.15, -0.1) is 22.7 Å². The van der Waals surface area contributed by atoms with Crippen LogP contribution in [-0.4, -0.2) is 4.98 Å². The molecule has 0 atom stereocenters. The summed E-state index contributed by atoms with van der Waals surface area (Å²) in [6.07, 6.45) is 0. The Balaban J connectivity index is 1.15. The summed E-state index contributed by atoms with van der Waals surface area (Å²) < 4.78 is 16.5. The molecule has 7 aromatic carbocycles. The van der Waals surface area contributed by atoms with Crippen molar-refractivity contribution in [3.63, 3.8) is 0 Å². The number of hydrogen-bond acceptors (Lipinski definition) is 6. The van der Waals surface area contributed by atoms with E-state index in [-0.39, 0.29) is 0 Å². The molecule has 0 amide bonds. The van der Waals surface area contributed by atoms with E-state index in [0.29, 0.717) is 0 Å². The second-order valence-electron chi connectivity index (χ2n) is 12.3. The van der Waals surface area contributed by atoms with Gasteiger partial charge in [0.2, 0.25) is 0 Å². The standard InChI is InChI=1S/C43H24N2O2S2/c1-2-8-25(9-3-1)43-44-34-19-21-40-41(42(34)49-43)33-22-26(16-20-39(33)48-40)45(27-14-17-31-29-10-4-6-12-35(29)46-37(31)23-27)28-15-18-32-30-11-5-7-13-36(30)47-38(32)24-28/h1-24H. The van der Waals surface area contributed by atoms with Crippen LogP contribution in [0.25, 0.3) is 84.8 Å². The Hall–Kier alpha value is -5.95. The zero-order chi connectivity index (χ0) is 32.1. The lowest BCUT2D eigenvalue weighted by atomic mass is 10.1. The Morgan fingerprint density at radius 3 is 1.71 bits per heavy atom. The number of benzene rings is 7. The lowest BCUT2D eigenvalue weighted by molar-refractivity contribution is 0.669. The first kappa shape index (κ1) is 27.0. The summed E-state index contributed by atoms with van der Waals surface area (Å²) >= 11 is 3.60. The number of fused-ring (bicyclic) bond motifs is 11. The van der Waals surface area contributed by atoms with Crippen LogP contribution in [0.5, 0.6) is 0 Å². The lowest BCUT2D eigenvalue weighted by Crippen LogP contribution is -2.09. The van der Waals surface area contributed by atoms with Crippen LogP contribution < -0.4 is 4.90 Å². The fourth-order valence-electron chi connectivity index (χ4n) is 7.23. The molecule has 0 fully saturated rings. The van der Waals surface area contributed by atoms with E-state index in [4.69, 9.17) is 13.8 Å². The van der Waals surface area contributed by atoms with Crippen LogP contribution in [-0.2, 0) is 0 Å². The molecule has 0 unspecified atom stereocenters. The third kappa shape index (κ3) is 4.11. The first-order valence-electron chi connectivity index (χ1n) is 16.2. The highest BCUT2D eigenvalue weighted by Crippen LogP contribution is 2.46. The number of aromatic nitrogens is 1. The minimum atomic E-state index is 0.857. The molecule has 0 saturated carbocycles. The van der Waals surface area contributed by atoms with Crippen molar-refractivity contribution in [2.24, 2.45) is 0 Å². The van der Waals surface area contributed by atoms with E-state index in [1.54, 1.807) is 11.3 Å². The second kappa shape index (κ2) is 10.3. The molecule has 0 radical (unpaired) electrons. The highest BCUT2D eigenvalue weighted by molar-refractivity contribution is 7.28. The van der Waals surface area contributed by atoms with E-state index in [1.807, 2.05) is 41.7 Å². The van der Waals surface area contributed by atoms with Crippen molar-refractivity contribution < 1.29 is 8.83 Å². The van der Waals surface area contributed by atoms with Gasteiger partial charge in [-0.05, 0) is 66.7 Å². The molecule has 49 heavy (non-hydrogen) atoms. The summed E-state index contributed by atoms with van der Waals surface area (Å²) in [5.74, 6) is 0. The van der Waals surface area contributed by atoms with E-state index in [2.05, 4.69) is 120 Å². The predicted octanol–water partition coefficient (Wildman–Crippen LogP) is 13.6. The average Bonchev–Trinajstić information content (AvgIpc) is 3.92. The molecule has 0 bridgehead atoms. The topological polar surface area (TPSA) is 42.4 Å². The monoisotopic (exact) mass is 664 g/mol. The van der Waals surface area contributed by atoms with E-state index in [0.717, 1.165) is 77.0 Å². The van der Waals surface area contributed by atoms with Crippen molar-refractivity contribution in [2.45, 2.75) is 0 Å². The number of anilines is 3. The highest BCUT2D eigenvalue weighted by Gasteiger charge is 2.20. The van der Waals surface area contributed by atoms with Crippen LogP contribution in [0.2, 0.25) is 0 Å². The molecule has 0 spiro atoms. The Kier molecular flexibility index (Phi) is 5.67. The largest absolute Gasteiger partial charge is 0.456 e. The van der Waals surface area contributed by atoms with Crippen molar-refractivity contribution in [1.29, 1.82) is 0 Å². The first-order chi connectivity index (χ1) is 24.2. The van der Waals surface area contributed by atoms with E-state index < -0.39 is 0 Å². The highest BCUT2D eigenvalue weighted by atomic mass is 32.1. The van der Waals surface area contributed by atoms with Gasteiger partial charge in [0.05, 0.1) is 10.2 Å². The van der Waals surface area contributed by atoms with Gasteiger partial charge in [-0.1, -0.05) is 66.7 Å². The normalized spacial score (nSPS) is 12.1. The van der Waals surface area contributed by atoms with Crippen LogP contribution in [0.15, 0.2) is 154 Å². The van der Waals surface area contributed by atoms with Gasteiger partial charge in [0.25, 0.3) is 0 Å². The quantitative estimate of drug-likeness (QED) is 0.188. The van der Waals surface area contributed by atoms with Crippen molar-refractivity contribution in [1.82, 2.24) is 4.98 Å². The second-order valence-corrected chi connectivity index (χ2v) is 14.4. The number of nitrogens with zero attached hydrogens (tertiary/aromatic N) is 2. The molecule has 0 saturated heterocycles. The predicted molar refractivity (Wildman–Crippen MR) is 207 cm³/mol. The zero-order valence-electron chi connectivity index (χ0n) is 25.9. The van der Waals surface area contributed by atoms with Gasteiger partial charge in [0.1, 0.15) is 27.3 Å². The molecular formula is C43H24N2O2S2. The third-order valence-electron chi connectivity index (χ3n) is 9.49. The van der Waals surface area contributed by atoms with Crippen molar-refractivity contribution >= 4 is 114 Å². The Bertz CT molecular complexity index is 2960. The minimum absolute atomic E-state index is 0.857. The van der Waals surface area contributed by atoms with Crippen molar-refractivity contribution in [3.05, 3.63) is 146 Å². The molecule has 11 aromatic rings. The molecule has 6 heteroatoms. The number of para-hydroxylation sites is 2. The number of rotatable bonds is 4. The zero-order valence-corrected chi connectivity index (χ0v) is 27.5. The fourth-order valence-corrected chi connectivity index (χ4v) is 9.52. The van der Waals surface area contributed by atoms with Crippen LogP contribution in [0.1, 0.15) is 0 Å². The Labute approximate surface area is 287 Å². The molecular weight excluding hydrogens is 641 g/mol. The van der Waals surface area contributed by atoms with Crippen LogP contribution in [0.3, 0.4) is 0 Å². The van der Waals surface area contributed by atoms with Gasteiger partial charge in [-0.2, -0.15) is 0 Å². The summed E-state index contributed by atoms with van der Waals surface area (Å²) in [7, 11) is 0. The van der Waals surface area contributed by atoms with Crippen LogP contribution in [0.4, 0.5) is 17.1 Å². The molecule has 4 nitrogen and oxygen atoms in total. The van der Waals surface area contributed by atoms with Crippen molar-refractivity contribution in [2.75, 3.05) is 4.90 Å². The number of furan rings is 2. The van der Waals surface area contributed by atoms with Crippen LogP contribution in [0, 0.1) is 0 Å². The van der Waals surface area contributed by atoms with Crippen LogP contribution >= 0.6 is 22.7 Å². The summed E-state index contributed by atoms with van der Waals surface area (Å²) in [5.41, 5.74) is 8.74. The Morgan fingerprint density at radius 2 is 1.02 bits per heavy atom. The molecule has 0 N–H and O–H groups in total. The lowest BCUT2D eigenvalue weighted by Gasteiger charge is -2.25. The average molecular weight is 665 g/mol. The molecule has 0 aliphatic heterocycles. The van der Waals surface area contributed by atoms with E-state index >= 15 is 0 Å². The van der Waals surface area contributed by atoms with Gasteiger partial charge in [-0.3, -0.25) is 0 Å². The Morgan fingerprint density at radius 1 is 0.449 bits per heavy atom. The summed E-state index contributed by atoms with van der Waals surface area (Å²) in [6, 6.07) is 51.1. The van der Waals surface area contributed by atoms with Gasteiger partial charge in [0, 0.05) is 76.5 Å². The molecule has 0 aliphatic carbocycles. The molecule has 230 valence electrons. The maximum atomic E-state index is 6.38. The number of thiophene rings is 1. The summed E-state index contributed by atoms with van der Waals surface area (Å²) in [4.78, 5) is 7.37. The van der Waals surface area contributed by atoms with Crippen molar-refractivity contribution in [3.8, 4) is 10.6 Å². The molecule has 0 aliphatic rings. The first-order valence-corrected chi connectivity index (χ1v) is 17.8. The van der Waals surface area contributed by atoms with Gasteiger partial charge < -0.3 is 13.7 Å². The fraction of sp³-hybridized carbons (Fsp3) is 0. The summed E-state index contributed by atoms with van der Waals surface area (Å²) in [6.45, 7) is 0. The number of thiazole rings is 1. The third-order valence-corrected chi connectivity index (χ3v) is 11.8.